The minimum absolute atomic E-state index is 0.0202. The standard InChI is InChI=1S/C10H11F3N2O2/c11-10(12,13)15-9(17)14-5-7-1-3-8(6-16)4-2-7/h1-4,16H,5-6H2,(H2,14,15,17). The molecule has 0 atom stereocenters. The molecule has 0 aliphatic carbocycles. The van der Waals surface area contributed by atoms with Gasteiger partial charge in [0.2, 0.25) is 0 Å². The van der Waals surface area contributed by atoms with E-state index in [-0.39, 0.29) is 13.2 Å². The number of rotatable bonds is 3. The molecule has 0 saturated heterocycles. The molecule has 0 bridgehead atoms. The zero-order chi connectivity index (χ0) is 12.9. The zero-order valence-electron chi connectivity index (χ0n) is 8.71. The quantitative estimate of drug-likeness (QED) is 0.710. The minimum Gasteiger partial charge on any atom is -0.392 e. The Hall–Kier alpha value is -1.76. The SMILES string of the molecule is O=C(NCc1ccc(CO)cc1)NC(F)(F)F. The van der Waals surface area contributed by atoms with Crippen molar-refractivity contribution in [2.45, 2.75) is 19.5 Å². The Balaban J connectivity index is 2.42. The average Bonchev–Trinajstić information content (AvgIpc) is 2.25. The lowest BCUT2D eigenvalue weighted by Crippen LogP contribution is -2.43. The maximum atomic E-state index is 11.7. The van der Waals surface area contributed by atoms with Gasteiger partial charge in [0.05, 0.1) is 6.61 Å². The molecule has 3 N–H and O–H groups in total. The molecule has 0 unspecified atom stereocenters. The minimum atomic E-state index is -4.73. The van der Waals surface area contributed by atoms with Crippen molar-refractivity contribution < 1.29 is 23.1 Å². The highest BCUT2D eigenvalue weighted by Crippen LogP contribution is 2.09. The first kappa shape index (κ1) is 13.3. The molecule has 1 aromatic carbocycles. The fourth-order valence-electron chi connectivity index (χ4n) is 1.12. The average molecular weight is 248 g/mol. The summed E-state index contributed by atoms with van der Waals surface area (Å²) in [6, 6.07) is 5.17. The van der Waals surface area contributed by atoms with Gasteiger partial charge in [-0.25, -0.2) is 10.1 Å². The Bertz CT molecular complexity index is 376. The largest absolute Gasteiger partial charge is 0.485 e. The van der Waals surface area contributed by atoms with E-state index in [9.17, 15) is 18.0 Å². The van der Waals surface area contributed by atoms with Gasteiger partial charge in [0.25, 0.3) is 0 Å². The highest BCUT2D eigenvalue weighted by Gasteiger charge is 2.29. The molecule has 0 radical (unpaired) electrons. The third kappa shape index (κ3) is 5.21. The van der Waals surface area contributed by atoms with Gasteiger partial charge in [-0.15, -0.1) is 0 Å². The van der Waals surface area contributed by atoms with Crippen LogP contribution in [0.3, 0.4) is 0 Å². The van der Waals surface area contributed by atoms with Crippen LogP contribution in [-0.2, 0) is 13.2 Å². The Labute approximate surface area is 95.4 Å². The predicted molar refractivity (Wildman–Crippen MR) is 53.8 cm³/mol. The van der Waals surface area contributed by atoms with Crippen molar-refractivity contribution in [1.29, 1.82) is 0 Å². The van der Waals surface area contributed by atoms with Crippen LogP contribution in [0.2, 0.25) is 0 Å². The molecular formula is C10H11F3N2O2. The summed E-state index contributed by atoms with van der Waals surface area (Å²) in [5.74, 6) is 0. The molecule has 94 valence electrons. The first-order valence-electron chi connectivity index (χ1n) is 4.72. The number of carbonyl (C=O) groups excluding carboxylic acids is 1. The number of halogens is 3. The summed E-state index contributed by atoms with van der Waals surface area (Å²) in [6.07, 6.45) is -4.73. The summed E-state index contributed by atoms with van der Waals surface area (Å²) in [5, 5.41) is 11.7. The smallest absolute Gasteiger partial charge is 0.392 e. The summed E-state index contributed by atoms with van der Waals surface area (Å²) in [6.45, 7) is -0.129. The summed E-state index contributed by atoms with van der Waals surface area (Å²) >= 11 is 0. The van der Waals surface area contributed by atoms with Crippen LogP contribution in [0, 0.1) is 0 Å². The number of amides is 2. The van der Waals surface area contributed by atoms with Gasteiger partial charge in [-0.05, 0) is 11.1 Å². The summed E-state index contributed by atoms with van der Waals surface area (Å²) in [5.41, 5.74) is 1.33. The fraction of sp³-hybridized carbons (Fsp3) is 0.300. The maximum Gasteiger partial charge on any atom is 0.485 e. The van der Waals surface area contributed by atoms with E-state index in [0.29, 0.717) is 11.1 Å². The lowest BCUT2D eigenvalue weighted by molar-refractivity contribution is -0.145. The number of alkyl halides is 3. The number of carbonyl (C=O) groups is 1. The fourth-order valence-corrected chi connectivity index (χ4v) is 1.12. The molecule has 0 aromatic heterocycles. The molecule has 0 spiro atoms. The number of aliphatic hydroxyl groups is 1. The Kier molecular flexibility index (Phi) is 4.33. The second-order valence-corrected chi connectivity index (χ2v) is 3.28. The highest BCUT2D eigenvalue weighted by atomic mass is 19.4. The van der Waals surface area contributed by atoms with E-state index in [1.54, 1.807) is 24.3 Å². The second kappa shape index (κ2) is 5.53. The van der Waals surface area contributed by atoms with Crippen LogP contribution in [0.4, 0.5) is 18.0 Å². The number of nitrogens with one attached hydrogen (secondary N) is 2. The van der Waals surface area contributed by atoms with Crippen LogP contribution in [-0.4, -0.2) is 17.4 Å². The molecule has 7 heteroatoms. The Morgan fingerprint density at radius 3 is 2.18 bits per heavy atom. The van der Waals surface area contributed by atoms with Crippen LogP contribution in [0.25, 0.3) is 0 Å². The Morgan fingerprint density at radius 1 is 1.18 bits per heavy atom. The van der Waals surface area contributed by atoms with Crippen LogP contribution in [0.15, 0.2) is 24.3 Å². The van der Waals surface area contributed by atoms with Crippen LogP contribution >= 0.6 is 0 Å². The third-order valence-electron chi connectivity index (χ3n) is 1.91. The normalized spacial score (nSPS) is 11.1. The summed E-state index contributed by atoms with van der Waals surface area (Å²) in [4.78, 5) is 10.8. The van der Waals surface area contributed by atoms with Crippen molar-refractivity contribution in [3.63, 3.8) is 0 Å². The number of hydrogen-bond donors (Lipinski definition) is 3. The number of aliphatic hydroxyl groups excluding tert-OH is 1. The molecule has 1 aromatic rings. The lowest BCUT2D eigenvalue weighted by Gasteiger charge is -2.10. The molecule has 2 amide bonds. The predicted octanol–water partition coefficient (Wildman–Crippen LogP) is 1.50. The van der Waals surface area contributed by atoms with Gasteiger partial charge >= 0.3 is 12.3 Å². The van der Waals surface area contributed by atoms with Crippen LogP contribution < -0.4 is 10.6 Å². The molecular weight excluding hydrogens is 237 g/mol. The van der Waals surface area contributed by atoms with E-state index in [4.69, 9.17) is 5.11 Å². The molecule has 17 heavy (non-hydrogen) atoms. The molecule has 1 rings (SSSR count). The topological polar surface area (TPSA) is 61.4 Å². The van der Waals surface area contributed by atoms with Crippen molar-refractivity contribution >= 4 is 6.03 Å². The summed E-state index contributed by atoms with van der Waals surface area (Å²) < 4.78 is 35.2. The van der Waals surface area contributed by atoms with Crippen molar-refractivity contribution in [3.05, 3.63) is 35.4 Å². The monoisotopic (exact) mass is 248 g/mol. The zero-order valence-corrected chi connectivity index (χ0v) is 8.71. The summed E-state index contributed by atoms with van der Waals surface area (Å²) in [7, 11) is 0. The Morgan fingerprint density at radius 2 is 1.71 bits per heavy atom. The first-order valence-corrected chi connectivity index (χ1v) is 4.72. The van der Waals surface area contributed by atoms with Crippen molar-refractivity contribution in [2.75, 3.05) is 0 Å². The number of benzene rings is 1. The molecule has 0 saturated carbocycles. The van der Waals surface area contributed by atoms with Gasteiger partial charge < -0.3 is 10.4 Å². The van der Waals surface area contributed by atoms with E-state index < -0.39 is 12.3 Å². The van der Waals surface area contributed by atoms with E-state index >= 15 is 0 Å². The highest BCUT2D eigenvalue weighted by molar-refractivity contribution is 5.74. The van der Waals surface area contributed by atoms with Gasteiger partial charge in [-0.1, -0.05) is 24.3 Å². The molecule has 0 aliphatic rings. The second-order valence-electron chi connectivity index (χ2n) is 3.28. The van der Waals surface area contributed by atoms with Gasteiger partial charge in [0.1, 0.15) is 0 Å². The third-order valence-corrected chi connectivity index (χ3v) is 1.91. The van der Waals surface area contributed by atoms with Crippen molar-refractivity contribution in [3.8, 4) is 0 Å². The lowest BCUT2D eigenvalue weighted by atomic mass is 10.1. The molecule has 0 fully saturated rings. The van der Waals surface area contributed by atoms with Gasteiger partial charge in [-0.2, -0.15) is 13.2 Å². The van der Waals surface area contributed by atoms with E-state index in [1.807, 2.05) is 0 Å². The van der Waals surface area contributed by atoms with Gasteiger partial charge in [-0.3, -0.25) is 0 Å². The van der Waals surface area contributed by atoms with E-state index in [1.165, 1.54) is 0 Å². The van der Waals surface area contributed by atoms with Crippen molar-refractivity contribution in [2.24, 2.45) is 0 Å². The maximum absolute atomic E-state index is 11.7. The van der Waals surface area contributed by atoms with E-state index in [2.05, 4.69) is 5.32 Å². The van der Waals surface area contributed by atoms with Gasteiger partial charge in [0.15, 0.2) is 0 Å². The molecule has 0 heterocycles. The van der Waals surface area contributed by atoms with E-state index in [0.717, 1.165) is 5.32 Å². The number of hydrogen-bond acceptors (Lipinski definition) is 2. The van der Waals surface area contributed by atoms with Crippen LogP contribution in [0.1, 0.15) is 11.1 Å². The number of urea groups is 1. The first-order chi connectivity index (χ1) is 7.90. The molecule has 4 nitrogen and oxygen atoms in total. The van der Waals surface area contributed by atoms with Crippen LogP contribution in [0.5, 0.6) is 0 Å². The molecule has 0 aliphatic heterocycles. The van der Waals surface area contributed by atoms with Gasteiger partial charge in [0, 0.05) is 6.54 Å². The van der Waals surface area contributed by atoms with Crippen molar-refractivity contribution in [1.82, 2.24) is 10.6 Å².